The molecule has 5 nitrogen and oxygen atoms in total. The van der Waals surface area contributed by atoms with Gasteiger partial charge in [-0.1, -0.05) is 6.07 Å². The molecule has 0 amide bonds. The summed E-state index contributed by atoms with van der Waals surface area (Å²) in [6.45, 7) is 0. The Bertz CT molecular complexity index is 955. The number of nitriles is 1. The van der Waals surface area contributed by atoms with Crippen molar-refractivity contribution in [1.29, 1.82) is 5.26 Å². The standard InChI is InChI=1S/C17H13NO4S/c1-23(20,21)16-8-7-15(13-5-6-14(19)17(13)16)22-12-4-2-3-11(9-12)10-18/h2-4,7-9H,5-6H2,1H3. The van der Waals surface area contributed by atoms with Crippen LogP contribution in [0.4, 0.5) is 0 Å². The number of ketones is 1. The number of carbonyl (C=O) groups excluding carboxylic acids is 1. The predicted octanol–water partition coefficient (Wildman–Crippen LogP) is 2.88. The summed E-state index contributed by atoms with van der Waals surface area (Å²) in [7, 11) is -3.48. The Hall–Kier alpha value is -2.65. The summed E-state index contributed by atoms with van der Waals surface area (Å²) in [4.78, 5) is 12.1. The maximum Gasteiger partial charge on any atom is 0.176 e. The molecule has 0 bridgehead atoms. The van der Waals surface area contributed by atoms with Gasteiger partial charge in [-0.05, 0) is 36.8 Å². The minimum absolute atomic E-state index is 0.0492. The molecule has 0 N–H and O–H groups in total. The lowest BCUT2D eigenvalue weighted by Gasteiger charge is -2.12. The highest BCUT2D eigenvalue weighted by molar-refractivity contribution is 7.90. The van der Waals surface area contributed by atoms with Crippen LogP contribution in [0.2, 0.25) is 0 Å². The molecule has 0 saturated heterocycles. The topological polar surface area (TPSA) is 84.2 Å². The molecule has 2 aromatic rings. The largest absolute Gasteiger partial charge is 0.457 e. The first kappa shape index (κ1) is 15.3. The van der Waals surface area contributed by atoms with Crippen molar-refractivity contribution in [3.8, 4) is 17.6 Å². The third kappa shape index (κ3) is 2.83. The number of Topliss-reactive ketones (excluding diaryl/α,β-unsaturated/α-hetero) is 1. The highest BCUT2D eigenvalue weighted by Crippen LogP contribution is 2.37. The summed E-state index contributed by atoms with van der Waals surface area (Å²) >= 11 is 0. The minimum atomic E-state index is -3.48. The van der Waals surface area contributed by atoms with E-state index in [4.69, 9.17) is 10.00 Å². The minimum Gasteiger partial charge on any atom is -0.457 e. The van der Waals surface area contributed by atoms with Crippen LogP contribution in [0, 0.1) is 11.3 Å². The van der Waals surface area contributed by atoms with Crippen molar-refractivity contribution in [2.75, 3.05) is 6.26 Å². The van der Waals surface area contributed by atoms with Gasteiger partial charge in [0, 0.05) is 23.8 Å². The molecular formula is C17H13NO4S. The van der Waals surface area contributed by atoms with E-state index < -0.39 is 9.84 Å². The molecule has 1 aliphatic carbocycles. The molecule has 0 heterocycles. The van der Waals surface area contributed by atoms with E-state index in [1.807, 2.05) is 6.07 Å². The highest BCUT2D eigenvalue weighted by Gasteiger charge is 2.30. The number of rotatable bonds is 3. The molecule has 0 fully saturated rings. The van der Waals surface area contributed by atoms with E-state index in [0.29, 0.717) is 29.0 Å². The van der Waals surface area contributed by atoms with Crippen LogP contribution < -0.4 is 4.74 Å². The Labute approximate surface area is 134 Å². The summed E-state index contributed by atoms with van der Waals surface area (Å²) in [6.07, 6.45) is 1.81. The normalized spacial score (nSPS) is 13.5. The van der Waals surface area contributed by atoms with Crippen molar-refractivity contribution in [3.05, 3.63) is 53.1 Å². The van der Waals surface area contributed by atoms with Crippen LogP contribution in [-0.2, 0) is 16.3 Å². The molecule has 0 unspecified atom stereocenters. The van der Waals surface area contributed by atoms with Gasteiger partial charge < -0.3 is 4.74 Å². The summed E-state index contributed by atoms with van der Waals surface area (Å²) in [5.74, 6) is 0.739. The number of carbonyl (C=O) groups is 1. The molecule has 0 spiro atoms. The maximum atomic E-state index is 12.1. The lowest BCUT2D eigenvalue weighted by Crippen LogP contribution is -2.06. The number of sulfone groups is 1. The van der Waals surface area contributed by atoms with Crippen molar-refractivity contribution in [2.45, 2.75) is 17.7 Å². The summed E-state index contributed by atoms with van der Waals surface area (Å²) in [5, 5.41) is 8.93. The summed E-state index contributed by atoms with van der Waals surface area (Å²) in [6, 6.07) is 11.6. The lowest BCUT2D eigenvalue weighted by molar-refractivity contribution is 0.0991. The van der Waals surface area contributed by atoms with Crippen LogP contribution in [-0.4, -0.2) is 20.5 Å². The molecule has 0 aliphatic heterocycles. The zero-order valence-electron chi connectivity index (χ0n) is 12.4. The number of hydrogen-bond donors (Lipinski definition) is 0. The zero-order chi connectivity index (χ0) is 16.6. The Balaban J connectivity index is 2.09. The number of hydrogen-bond acceptors (Lipinski definition) is 5. The summed E-state index contributed by atoms with van der Waals surface area (Å²) in [5.41, 5.74) is 1.31. The van der Waals surface area contributed by atoms with Crippen molar-refractivity contribution in [3.63, 3.8) is 0 Å². The second-order valence-electron chi connectivity index (χ2n) is 5.35. The first-order valence-electron chi connectivity index (χ1n) is 6.97. The van der Waals surface area contributed by atoms with E-state index in [1.165, 1.54) is 6.07 Å². The van der Waals surface area contributed by atoms with Gasteiger partial charge in [-0.2, -0.15) is 5.26 Å². The molecule has 116 valence electrons. The fourth-order valence-corrected chi connectivity index (χ4v) is 3.61. The van der Waals surface area contributed by atoms with E-state index >= 15 is 0 Å². The van der Waals surface area contributed by atoms with Crippen molar-refractivity contribution >= 4 is 15.6 Å². The summed E-state index contributed by atoms with van der Waals surface area (Å²) < 4.78 is 29.5. The third-order valence-corrected chi connectivity index (χ3v) is 4.84. The third-order valence-electron chi connectivity index (χ3n) is 3.70. The van der Waals surface area contributed by atoms with E-state index in [1.54, 1.807) is 30.3 Å². The van der Waals surface area contributed by atoms with Crippen molar-refractivity contribution < 1.29 is 17.9 Å². The second-order valence-corrected chi connectivity index (χ2v) is 7.34. The first-order valence-corrected chi connectivity index (χ1v) is 8.86. The molecule has 2 aromatic carbocycles. The number of ether oxygens (including phenoxy) is 1. The van der Waals surface area contributed by atoms with Gasteiger partial charge in [0.05, 0.1) is 16.5 Å². The van der Waals surface area contributed by atoms with Crippen LogP contribution in [0.3, 0.4) is 0 Å². The molecule has 0 atom stereocenters. The van der Waals surface area contributed by atoms with Gasteiger partial charge in [0.1, 0.15) is 11.5 Å². The van der Waals surface area contributed by atoms with Crippen LogP contribution in [0.5, 0.6) is 11.5 Å². The Kier molecular flexibility index (Phi) is 3.66. The molecule has 0 saturated carbocycles. The van der Waals surface area contributed by atoms with Crippen molar-refractivity contribution in [1.82, 2.24) is 0 Å². The lowest BCUT2D eigenvalue weighted by atomic mass is 10.1. The van der Waals surface area contributed by atoms with Crippen LogP contribution in [0.25, 0.3) is 0 Å². The van der Waals surface area contributed by atoms with E-state index in [0.717, 1.165) is 6.26 Å². The van der Waals surface area contributed by atoms with Gasteiger partial charge in [0.15, 0.2) is 15.6 Å². The second kappa shape index (κ2) is 5.52. The van der Waals surface area contributed by atoms with E-state index in [-0.39, 0.29) is 22.7 Å². The fourth-order valence-electron chi connectivity index (χ4n) is 2.69. The van der Waals surface area contributed by atoms with Gasteiger partial charge >= 0.3 is 0 Å². The van der Waals surface area contributed by atoms with Gasteiger partial charge in [-0.3, -0.25) is 4.79 Å². The van der Waals surface area contributed by atoms with E-state index in [9.17, 15) is 13.2 Å². The average molecular weight is 327 g/mol. The number of benzene rings is 2. The first-order chi connectivity index (χ1) is 10.9. The molecule has 1 aliphatic rings. The van der Waals surface area contributed by atoms with Gasteiger partial charge in [0.2, 0.25) is 0 Å². The molecule has 23 heavy (non-hydrogen) atoms. The molecule has 0 radical (unpaired) electrons. The smallest absolute Gasteiger partial charge is 0.176 e. The molecule has 6 heteroatoms. The zero-order valence-corrected chi connectivity index (χ0v) is 13.2. The molecule has 3 rings (SSSR count). The van der Waals surface area contributed by atoms with Crippen LogP contribution in [0.1, 0.15) is 27.9 Å². The molecular weight excluding hydrogens is 314 g/mol. The highest BCUT2D eigenvalue weighted by atomic mass is 32.2. The quantitative estimate of drug-likeness (QED) is 0.865. The van der Waals surface area contributed by atoms with Gasteiger partial charge in [-0.15, -0.1) is 0 Å². The maximum absolute atomic E-state index is 12.1. The van der Waals surface area contributed by atoms with Gasteiger partial charge in [0.25, 0.3) is 0 Å². The number of nitrogens with zero attached hydrogens (tertiary/aromatic N) is 1. The Morgan fingerprint density at radius 2 is 1.96 bits per heavy atom. The van der Waals surface area contributed by atoms with E-state index in [2.05, 4.69) is 0 Å². The monoisotopic (exact) mass is 327 g/mol. The average Bonchev–Trinajstić information content (AvgIpc) is 2.89. The fraction of sp³-hybridized carbons (Fsp3) is 0.176. The van der Waals surface area contributed by atoms with Crippen LogP contribution in [0.15, 0.2) is 41.3 Å². The van der Waals surface area contributed by atoms with Gasteiger partial charge in [-0.25, -0.2) is 8.42 Å². The SMILES string of the molecule is CS(=O)(=O)c1ccc(Oc2cccc(C#N)c2)c2c1C(=O)CC2. The molecule has 0 aromatic heterocycles. The Morgan fingerprint density at radius 1 is 1.17 bits per heavy atom. The predicted molar refractivity (Wildman–Crippen MR) is 83.4 cm³/mol. The van der Waals surface area contributed by atoms with Crippen LogP contribution >= 0.6 is 0 Å². The van der Waals surface area contributed by atoms with Crippen molar-refractivity contribution in [2.24, 2.45) is 0 Å². The number of fused-ring (bicyclic) bond motifs is 1. The Morgan fingerprint density at radius 3 is 2.65 bits per heavy atom.